The number of ether oxygens (including phenoxy) is 1. The number of hydrogen-bond donors (Lipinski definition) is 1. The molecule has 0 bridgehead atoms. The number of carbonyl (C=O) groups is 1. The maximum Gasteiger partial charge on any atom is 0.266 e. The summed E-state index contributed by atoms with van der Waals surface area (Å²) in [4.78, 5) is 12.0. The molecular weight excluding hydrogens is 306 g/mol. The number of amides is 1. The van der Waals surface area contributed by atoms with E-state index in [1.807, 2.05) is 18.2 Å². The van der Waals surface area contributed by atoms with E-state index in [1.165, 1.54) is 23.1 Å². The van der Waals surface area contributed by atoms with Crippen LogP contribution in [0, 0.1) is 0 Å². The summed E-state index contributed by atoms with van der Waals surface area (Å²) < 4.78 is 6.34. The smallest absolute Gasteiger partial charge is 0.266 e. The zero-order chi connectivity index (χ0) is 15.1. The molecule has 0 unspecified atom stereocenters. The van der Waals surface area contributed by atoms with Crippen LogP contribution in [0.3, 0.4) is 0 Å². The molecule has 1 N–H and O–H groups in total. The predicted molar refractivity (Wildman–Crippen MR) is 86.0 cm³/mol. The summed E-state index contributed by atoms with van der Waals surface area (Å²) in [5, 5.41) is 11.1. The molecule has 2 rings (SSSR count). The zero-order valence-electron chi connectivity index (χ0n) is 11.5. The number of aromatic nitrogens is 2. The van der Waals surface area contributed by atoms with Crippen LogP contribution in [0.1, 0.15) is 6.92 Å². The number of para-hydroxylation sites is 1. The van der Waals surface area contributed by atoms with Gasteiger partial charge < -0.3 is 4.74 Å². The Bertz CT molecular complexity index is 601. The lowest BCUT2D eigenvalue weighted by Crippen LogP contribution is -2.30. The Labute approximate surface area is 131 Å². The van der Waals surface area contributed by atoms with Crippen molar-refractivity contribution in [1.82, 2.24) is 10.2 Å². The Kier molecular flexibility index (Phi) is 5.77. The lowest BCUT2D eigenvalue weighted by Gasteiger charge is -2.13. The van der Waals surface area contributed by atoms with E-state index < -0.39 is 6.10 Å². The number of carbonyl (C=O) groups excluding carboxylic acids is 1. The second-order valence-corrected chi connectivity index (χ2v) is 6.28. The van der Waals surface area contributed by atoms with Crippen molar-refractivity contribution in [3.05, 3.63) is 43.0 Å². The van der Waals surface area contributed by atoms with Gasteiger partial charge in [-0.15, -0.1) is 16.8 Å². The van der Waals surface area contributed by atoms with Crippen molar-refractivity contribution in [2.75, 3.05) is 11.1 Å². The molecular formula is C14H15N3O2S2. The van der Waals surface area contributed by atoms with E-state index in [0.29, 0.717) is 10.9 Å². The van der Waals surface area contributed by atoms with E-state index in [1.54, 1.807) is 25.1 Å². The molecule has 5 nitrogen and oxygen atoms in total. The first kappa shape index (κ1) is 15.5. The average Bonchev–Trinajstić information content (AvgIpc) is 2.93. The molecule has 1 atom stereocenters. The van der Waals surface area contributed by atoms with Crippen molar-refractivity contribution < 1.29 is 9.53 Å². The fourth-order valence-electron chi connectivity index (χ4n) is 1.41. The van der Waals surface area contributed by atoms with Gasteiger partial charge in [0.1, 0.15) is 5.75 Å². The summed E-state index contributed by atoms with van der Waals surface area (Å²) in [7, 11) is 0. The van der Waals surface area contributed by atoms with Crippen LogP contribution in [-0.2, 0) is 4.79 Å². The second-order valence-electron chi connectivity index (χ2n) is 4.04. The Morgan fingerprint density at radius 3 is 2.95 bits per heavy atom. The molecule has 0 aliphatic heterocycles. The highest BCUT2D eigenvalue weighted by Gasteiger charge is 2.16. The SMILES string of the molecule is C=CCSc1nnc(NC(=O)[C@@H](C)Oc2ccccc2)s1. The van der Waals surface area contributed by atoms with E-state index >= 15 is 0 Å². The Morgan fingerprint density at radius 1 is 1.48 bits per heavy atom. The first-order chi connectivity index (χ1) is 10.2. The molecule has 1 aromatic heterocycles. The third-order valence-electron chi connectivity index (χ3n) is 2.39. The van der Waals surface area contributed by atoms with Gasteiger partial charge in [-0.1, -0.05) is 47.4 Å². The van der Waals surface area contributed by atoms with Crippen molar-refractivity contribution in [2.24, 2.45) is 0 Å². The summed E-state index contributed by atoms with van der Waals surface area (Å²) in [6, 6.07) is 9.21. The van der Waals surface area contributed by atoms with Gasteiger partial charge in [0.05, 0.1) is 0 Å². The molecule has 0 fully saturated rings. The van der Waals surface area contributed by atoms with Crippen LogP contribution in [-0.4, -0.2) is 28.0 Å². The van der Waals surface area contributed by atoms with Gasteiger partial charge in [-0.3, -0.25) is 10.1 Å². The van der Waals surface area contributed by atoms with Gasteiger partial charge in [0.25, 0.3) is 5.91 Å². The topological polar surface area (TPSA) is 64.1 Å². The van der Waals surface area contributed by atoms with Crippen LogP contribution in [0.5, 0.6) is 5.75 Å². The molecule has 0 saturated carbocycles. The molecule has 0 radical (unpaired) electrons. The van der Waals surface area contributed by atoms with Gasteiger partial charge in [-0.05, 0) is 19.1 Å². The van der Waals surface area contributed by atoms with Gasteiger partial charge in [0.15, 0.2) is 10.4 Å². The highest BCUT2D eigenvalue weighted by molar-refractivity contribution is 8.01. The minimum atomic E-state index is -0.611. The average molecular weight is 321 g/mol. The quantitative estimate of drug-likeness (QED) is 0.482. The molecule has 110 valence electrons. The van der Waals surface area contributed by atoms with Crippen molar-refractivity contribution in [3.8, 4) is 5.75 Å². The van der Waals surface area contributed by atoms with E-state index in [-0.39, 0.29) is 5.91 Å². The van der Waals surface area contributed by atoms with E-state index in [4.69, 9.17) is 4.74 Å². The van der Waals surface area contributed by atoms with E-state index in [9.17, 15) is 4.79 Å². The van der Waals surface area contributed by atoms with Crippen molar-refractivity contribution in [2.45, 2.75) is 17.4 Å². The Balaban J connectivity index is 1.88. The molecule has 1 amide bonds. The minimum absolute atomic E-state index is 0.254. The fourth-order valence-corrected chi connectivity index (χ4v) is 2.93. The summed E-state index contributed by atoms with van der Waals surface area (Å²) in [5.74, 6) is 1.16. The summed E-state index contributed by atoms with van der Waals surface area (Å²) in [5.41, 5.74) is 0. The molecule has 7 heteroatoms. The number of nitrogens with one attached hydrogen (secondary N) is 1. The van der Waals surface area contributed by atoms with Crippen molar-refractivity contribution in [3.63, 3.8) is 0 Å². The number of rotatable bonds is 7. The first-order valence-corrected chi connectivity index (χ1v) is 8.09. The van der Waals surface area contributed by atoms with Crippen molar-refractivity contribution in [1.29, 1.82) is 0 Å². The summed E-state index contributed by atoms with van der Waals surface area (Å²) >= 11 is 2.85. The molecule has 1 heterocycles. The lowest BCUT2D eigenvalue weighted by molar-refractivity contribution is -0.122. The molecule has 0 aliphatic rings. The zero-order valence-corrected chi connectivity index (χ0v) is 13.1. The summed E-state index contributed by atoms with van der Waals surface area (Å²) in [6.07, 6.45) is 1.18. The van der Waals surface area contributed by atoms with Gasteiger partial charge in [0, 0.05) is 5.75 Å². The van der Waals surface area contributed by atoms with Crippen LogP contribution in [0.25, 0.3) is 0 Å². The van der Waals surface area contributed by atoms with Crippen LogP contribution in [0.2, 0.25) is 0 Å². The molecule has 2 aromatic rings. The normalized spacial score (nSPS) is 11.7. The van der Waals surface area contributed by atoms with Gasteiger partial charge in [-0.25, -0.2) is 0 Å². The molecule has 1 aromatic carbocycles. The standard InChI is InChI=1S/C14H15N3O2S2/c1-3-9-20-14-17-16-13(21-14)15-12(18)10(2)19-11-7-5-4-6-8-11/h3-8,10H,1,9H2,2H3,(H,15,16,18)/t10-/m1/s1. The highest BCUT2D eigenvalue weighted by Crippen LogP contribution is 2.25. The van der Waals surface area contributed by atoms with Crippen LogP contribution in [0.15, 0.2) is 47.3 Å². The first-order valence-electron chi connectivity index (χ1n) is 6.29. The second kappa shape index (κ2) is 7.80. The number of nitrogens with zero attached hydrogens (tertiary/aromatic N) is 2. The third-order valence-corrected chi connectivity index (χ3v) is 4.35. The maximum absolute atomic E-state index is 12.0. The van der Waals surface area contributed by atoms with Gasteiger partial charge >= 0.3 is 0 Å². The fraction of sp³-hybridized carbons (Fsp3) is 0.214. The van der Waals surface area contributed by atoms with Crippen LogP contribution in [0.4, 0.5) is 5.13 Å². The number of hydrogen-bond acceptors (Lipinski definition) is 6. The van der Waals surface area contributed by atoms with E-state index in [2.05, 4.69) is 22.1 Å². The highest BCUT2D eigenvalue weighted by atomic mass is 32.2. The van der Waals surface area contributed by atoms with Gasteiger partial charge in [-0.2, -0.15) is 0 Å². The lowest BCUT2D eigenvalue weighted by atomic mass is 10.3. The summed E-state index contributed by atoms with van der Waals surface area (Å²) in [6.45, 7) is 5.33. The molecule has 0 saturated heterocycles. The molecule has 21 heavy (non-hydrogen) atoms. The largest absolute Gasteiger partial charge is 0.481 e. The Hall–Kier alpha value is -1.86. The maximum atomic E-state index is 12.0. The predicted octanol–water partition coefficient (Wildman–Crippen LogP) is 3.22. The minimum Gasteiger partial charge on any atom is -0.481 e. The molecule has 0 spiro atoms. The van der Waals surface area contributed by atoms with E-state index in [0.717, 1.165) is 10.1 Å². The van der Waals surface area contributed by atoms with Crippen molar-refractivity contribution >= 4 is 34.1 Å². The monoisotopic (exact) mass is 321 g/mol. The van der Waals surface area contributed by atoms with Crippen LogP contribution >= 0.6 is 23.1 Å². The molecule has 0 aliphatic carbocycles. The van der Waals surface area contributed by atoms with Gasteiger partial charge in [0.2, 0.25) is 5.13 Å². The third kappa shape index (κ3) is 4.87. The number of anilines is 1. The number of benzene rings is 1. The Morgan fingerprint density at radius 2 is 2.24 bits per heavy atom. The number of thioether (sulfide) groups is 1. The van der Waals surface area contributed by atoms with Crippen LogP contribution < -0.4 is 10.1 Å².